The molecule has 1 heterocycles. The molecule has 1 aliphatic carbocycles. The van der Waals surface area contributed by atoms with E-state index < -0.39 is 0 Å². The van der Waals surface area contributed by atoms with Crippen LogP contribution in [0.4, 0.5) is 0 Å². The zero-order valence-electron chi connectivity index (χ0n) is 12.5. The summed E-state index contributed by atoms with van der Waals surface area (Å²) in [6.07, 6.45) is 6.12. The molecule has 0 saturated heterocycles. The van der Waals surface area contributed by atoms with Crippen molar-refractivity contribution in [3.63, 3.8) is 0 Å². The number of benzene rings is 1. The molecule has 1 unspecified atom stereocenters. The molecule has 106 valence electrons. The largest absolute Gasteiger partial charge is 0.358 e. The molecule has 0 bridgehead atoms. The van der Waals surface area contributed by atoms with Gasteiger partial charge in [-0.3, -0.25) is 4.79 Å². The van der Waals surface area contributed by atoms with Crippen molar-refractivity contribution in [2.75, 3.05) is 0 Å². The Kier molecular flexibility index (Phi) is 3.64. The summed E-state index contributed by atoms with van der Waals surface area (Å²) in [4.78, 5) is 15.6. The minimum atomic E-state index is 0.242. The first-order valence-corrected chi connectivity index (χ1v) is 7.82. The lowest BCUT2D eigenvalue weighted by Crippen LogP contribution is -2.21. The molecule has 1 atom stereocenters. The van der Waals surface area contributed by atoms with Gasteiger partial charge in [-0.15, -0.1) is 0 Å². The topological polar surface area (TPSA) is 32.9 Å². The minimum Gasteiger partial charge on any atom is -0.358 e. The van der Waals surface area contributed by atoms with Crippen LogP contribution in [-0.2, 0) is 17.6 Å². The van der Waals surface area contributed by atoms with Gasteiger partial charge < -0.3 is 4.98 Å². The van der Waals surface area contributed by atoms with Crippen molar-refractivity contribution in [2.24, 2.45) is 5.92 Å². The summed E-state index contributed by atoms with van der Waals surface area (Å²) in [5, 5.41) is 1.32. The third-order valence-electron chi connectivity index (χ3n) is 4.72. The smallest absolute Gasteiger partial charge is 0.136 e. The molecule has 3 rings (SSSR count). The van der Waals surface area contributed by atoms with Gasteiger partial charge in [-0.2, -0.15) is 0 Å². The predicted molar refractivity (Wildman–Crippen MR) is 83.1 cm³/mol. The molecule has 1 aliphatic rings. The zero-order chi connectivity index (χ0) is 14.1. The summed E-state index contributed by atoms with van der Waals surface area (Å²) in [6.45, 7) is 4.32. The first kappa shape index (κ1) is 13.4. The fourth-order valence-corrected chi connectivity index (χ4v) is 3.43. The van der Waals surface area contributed by atoms with Gasteiger partial charge in [-0.25, -0.2) is 0 Å². The van der Waals surface area contributed by atoms with Gasteiger partial charge in [-0.1, -0.05) is 19.4 Å². The highest BCUT2D eigenvalue weighted by molar-refractivity contribution is 5.87. The number of carbonyl (C=O) groups is 1. The van der Waals surface area contributed by atoms with Gasteiger partial charge in [0.15, 0.2) is 0 Å². The third-order valence-corrected chi connectivity index (χ3v) is 4.72. The molecule has 1 saturated carbocycles. The standard InChI is InChI=1S/C18H23NO/c1-3-13-8-9-17-16(10-13)15(12(2)19-17)11-14-6-4-5-7-18(14)20/h8-10,14,19H,3-7,11H2,1-2H3. The zero-order valence-corrected chi connectivity index (χ0v) is 12.5. The number of ketones is 1. The van der Waals surface area contributed by atoms with E-state index in [0.29, 0.717) is 5.78 Å². The Morgan fingerprint density at radius 2 is 2.15 bits per heavy atom. The molecule has 1 aromatic heterocycles. The Labute approximate surface area is 120 Å². The number of aromatic amines is 1. The first-order valence-electron chi connectivity index (χ1n) is 7.82. The van der Waals surface area contributed by atoms with E-state index in [1.54, 1.807) is 0 Å². The summed E-state index contributed by atoms with van der Waals surface area (Å²) in [7, 11) is 0. The Morgan fingerprint density at radius 1 is 1.30 bits per heavy atom. The summed E-state index contributed by atoms with van der Waals surface area (Å²) < 4.78 is 0. The molecule has 0 aliphatic heterocycles. The highest BCUT2D eigenvalue weighted by Crippen LogP contribution is 2.30. The van der Waals surface area contributed by atoms with Crippen LogP contribution in [0.5, 0.6) is 0 Å². The number of aromatic nitrogens is 1. The average molecular weight is 269 g/mol. The Morgan fingerprint density at radius 3 is 2.90 bits per heavy atom. The highest BCUT2D eigenvalue weighted by atomic mass is 16.1. The molecule has 0 amide bonds. The molecule has 2 heteroatoms. The summed E-state index contributed by atoms with van der Waals surface area (Å²) in [5.74, 6) is 0.711. The quantitative estimate of drug-likeness (QED) is 0.883. The molecule has 20 heavy (non-hydrogen) atoms. The number of H-pyrrole nitrogens is 1. The lowest BCUT2D eigenvalue weighted by Gasteiger charge is -2.20. The molecular formula is C18H23NO. The maximum atomic E-state index is 12.1. The van der Waals surface area contributed by atoms with Crippen LogP contribution in [0.2, 0.25) is 0 Å². The Bertz CT molecular complexity index is 638. The van der Waals surface area contributed by atoms with Crippen molar-refractivity contribution in [3.05, 3.63) is 35.0 Å². The van der Waals surface area contributed by atoms with Crippen LogP contribution >= 0.6 is 0 Å². The number of hydrogen-bond donors (Lipinski definition) is 1. The molecule has 0 spiro atoms. The molecule has 1 fully saturated rings. The van der Waals surface area contributed by atoms with Crippen LogP contribution < -0.4 is 0 Å². The number of fused-ring (bicyclic) bond motifs is 1. The lowest BCUT2D eigenvalue weighted by atomic mass is 9.83. The maximum absolute atomic E-state index is 12.1. The summed E-state index contributed by atoms with van der Waals surface area (Å²) >= 11 is 0. The van der Waals surface area contributed by atoms with Crippen molar-refractivity contribution in [1.82, 2.24) is 4.98 Å². The highest BCUT2D eigenvalue weighted by Gasteiger charge is 2.24. The third kappa shape index (κ3) is 2.39. The van der Waals surface area contributed by atoms with Crippen LogP contribution in [-0.4, -0.2) is 10.8 Å². The lowest BCUT2D eigenvalue weighted by molar-refractivity contribution is -0.124. The van der Waals surface area contributed by atoms with Crippen LogP contribution in [0.25, 0.3) is 10.9 Å². The van der Waals surface area contributed by atoms with E-state index in [-0.39, 0.29) is 5.92 Å². The molecular weight excluding hydrogens is 246 g/mol. The van der Waals surface area contributed by atoms with Crippen molar-refractivity contribution in [1.29, 1.82) is 0 Å². The number of carbonyl (C=O) groups excluding carboxylic acids is 1. The van der Waals surface area contributed by atoms with Crippen LogP contribution in [0, 0.1) is 12.8 Å². The van der Waals surface area contributed by atoms with Crippen LogP contribution in [0.1, 0.15) is 49.4 Å². The minimum absolute atomic E-state index is 0.242. The molecule has 0 radical (unpaired) electrons. The monoisotopic (exact) mass is 269 g/mol. The number of rotatable bonds is 3. The van der Waals surface area contributed by atoms with Crippen molar-refractivity contribution in [3.8, 4) is 0 Å². The van der Waals surface area contributed by atoms with Gasteiger partial charge in [0.2, 0.25) is 0 Å². The van der Waals surface area contributed by atoms with E-state index in [4.69, 9.17) is 0 Å². The van der Waals surface area contributed by atoms with Crippen LogP contribution in [0.15, 0.2) is 18.2 Å². The summed E-state index contributed by atoms with van der Waals surface area (Å²) in [6, 6.07) is 6.66. The average Bonchev–Trinajstić information content (AvgIpc) is 2.77. The summed E-state index contributed by atoms with van der Waals surface area (Å²) in [5.41, 5.74) is 5.16. The fourth-order valence-electron chi connectivity index (χ4n) is 3.43. The van der Waals surface area contributed by atoms with E-state index >= 15 is 0 Å². The first-order chi connectivity index (χ1) is 9.69. The second kappa shape index (κ2) is 5.43. The van der Waals surface area contributed by atoms with Gasteiger partial charge in [0, 0.05) is 28.9 Å². The van der Waals surface area contributed by atoms with Gasteiger partial charge in [0.25, 0.3) is 0 Å². The molecule has 1 aromatic carbocycles. The molecule has 2 aromatic rings. The Balaban J connectivity index is 1.97. The maximum Gasteiger partial charge on any atom is 0.136 e. The number of aryl methyl sites for hydroxylation is 2. The second-order valence-corrected chi connectivity index (χ2v) is 6.08. The van der Waals surface area contributed by atoms with Gasteiger partial charge in [-0.05, 0) is 55.9 Å². The van der Waals surface area contributed by atoms with E-state index in [9.17, 15) is 4.79 Å². The van der Waals surface area contributed by atoms with Crippen LogP contribution in [0.3, 0.4) is 0 Å². The normalized spacial score (nSPS) is 19.7. The molecule has 2 nitrogen and oxygen atoms in total. The SMILES string of the molecule is CCc1ccc2[nH]c(C)c(CC3CCCCC3=O)c2c1. The van der Waals surface area contributed by atoms with E-state index in [1.165, 1.54) is 34.1 Å². The molecule has 1 N–H and O–H groups in total. The number of hydrogen-bond acceptors (Lipinski definition) is 1. The van der Waals surface area contributed by atoms with Gasteiger partial charge >= 0.3 is 0 Å². The van der Waals surface area contributed by atoms with Crippen molar-refractivity contribution in [2.45, 2.75) is 52.4 Å². The van der Waals surface area contributed by atoms with Gasteiger partial charge in [0.05, 0.1) is 0 Å². The number of nitrogens with one attached hydrogen (secondary N) is 1. The van der Waals surface area contributed by atoms with Crippen molar-refractivity contribution >= 4 is 16.7 Å². The second-order valence-electron chi connectivity index (χ2n) is 6.08. The van der Waals surface area contributed by atoms with E-state index in [2.05, 4.69) is 37.0 Å². The number of Topliss-reactive ketones (excluding diaryl/α,β-unsaturated/α-hetero) is 1. The van der Waals surface area contributed by atoms with Gasteiger partial charge in [0.1, 0.15) is 5.78 Å². The predicted octanol–water partition coefficient (Wildman–Crippen LogP) is 4.34. The Hall–Kier alpha value is -1.57. The van der Waals surface area contributed by atoms with E-state index in [1.807, 2.05) is 0 Å². The fraction of sp³-hybridized carbons (Fsp3) is 0.500. The van der Waals surface area contributed by atoms with E-state index in [0.717, 1.165) is 32.1 Å². The van der Waals surface area contributed by atoms with Crippen molar-refractivity contribution < 1.29 is 4.79 Å².